The molecule has 5 rings (SSSR count). The first-order chi connectivity index (χ1) is 14.6. The zero-order valence-electron chi connectivity index (χ0n) is 16.7. The molecule has 3 aromatic rings. The number of amides is 1. The number of likely N-dealkylation sites (N-methyl/N-ethyl adjacent to an activating group) is 1. The van der Waals surface area contributed by atoms with Gasteiger partial charge >= 0.3 is 0 Å². The number of nitrogens with zero attached hydrogens (tertiary/aromatic N) is 3. The molecule has 30 heavy (non-hydrogen) atoms. The normalized spacial score (nSPS) is 19.1. The Bertz CT molecular complexity index is 1160. The van der Waals surface area contributed by atoms with Crippen LogP contribution in [-0.2, 0) is 4.79 Å². The molecule has 1 amide bonds. The molecule has 2 aliphatic rings. The predicted octanol–water partition coefficient (Wildman–Crippen LogP) is 3.87. The van der Waals surface area contributed by atoms with Crippen molar-refractivity contribution >= 4 is 56.9 Å². The molecule has 2 aromatic carbocycles. The van der Waals surface area contributed by atoms with Gasteiger partial charge in [0.15, 0.2) is 0 Å². The number of fused-ring (bicyclic) bond motifs is 1. The van der Waals surface area contributed by atoms with Crippen molar-refractivity contribution in [2.75, 3.05) is 38.1 Å². The monoisotopic (exact) mass is 434 g/mol. The summed E-state index contributed by atoms with van der Waals surface area (Å²) < 4.78 is 2.70. The van der Waals surface area contributed by atoms with Crippen LogP contribution in [0.4, 0.5) is 5.69 Å². The Balaban J connectivity index is 1.44. The number of thioether (sulfide) groups is 1. The van der Waals surface area contributed by atoms with Gasteiger partial charge in [-0.25, -0.2) is 0 Å². The number of carbonyl (C=O) groups excluding carboxylic acids is 1. The minimum Gasteiger partial charge on any atom is -0.369 e. The first-order valence-electron chi connectivity index (χ1n) is 9.97. The van der Waals surface area contributed by atoms with E-state index in [2.05, 4.69) is 75.4 Å². The quantitative estimate of drug-likeness (QED) is 0.501. The number of hydrogen-bond donors (Lipinski definition) is 1. The second kappa shape index (κ2) is 7.91. The van der Waals surface area contributed by atoms with Crippen LogP contribution in [0.15, 0.2) is 59.6 Å². The number of thiocarbonyl (C=S) groups is 1. The number of rotatable bonds is 3. The summed E-state index contributed by atoms with van der Waals surface area (Å²) in [4.78, 5) is 17.4. The maximum atomic E-state index is 12.0. The summed E-state index contributed by atoms with van der Waals surface area (Å²) in [5.41, 5.74) is 4.50. The molecule has 7 heteroatoms. The molecule has 2 aliphatic heterocycles. The summed E-state index contributed by atoms with van der Waals surface area (Å²) in [7, 11) is 2.17. The zero-order valence-corrected chi connectivity index (χ0v) is 18.3. The topological polar surface area (TPSA) is 40.5 Å². The molecule has 1 N–H and O–H groups in total. The molecule has 0 bridgehead atoms. The van der Waals surface area contributed by atoms with Gasteiger partial charge in [-0.15, -0.1) is 0 Å². The van der Waals surface area contributed by atoms with Gasteiger partial charge < -0.3 is 19.7 Å². The minimum atomic E-state index is -0.125. The van der Waals surface area contributed by atoms with E-state index in [-0.39, 0.29) is 5.91 Å². The molecule has 1 aromatic heterocycles. The molecule has 0 radical (unpaired) electrons. The highest BCUT2D eigenvalue weighted by atomic mass is 32.2. The van der Waals surface area contributed by atoms with Crippen LogP contribution in [0.3, 0.4) is 0 Å². The lowest BCUT2D eigenvalue weighted by Gasteiger charge is -2.34. The van der Waals surface area contributed by atoms with Crippen molar-refractivity contribution in [1.82, 2.24) is 14.8 Å². The van der Waals surface area contributed by atoms with E-state index in [1.165, 1.54) is 22.8 Å². The van der Waals surface area contributed by atoms with Crippen LogP contribution in [0.2, 0.25) is 0 Å². The highest BCUT2D eigenvalue weighted by Crippen LogP contribution is 2.28. The van der Waals surface area contributed by atoms with Gasteiger partial charge in [-0.05, 0) is 60.5 Å². The summed E-state index contributed by atoms with van der Waals surface area (Å²) in [5, 5.41) is 3.83. The Labute approximate surface area is 185 Å². The summed E-state index contributed by atoms with van der Waals surface area (Å²) in [6, 6.07) is 17.1. The third-order valence-electron chi connectivity index (χ3n) is 5.65. The van der Waals surface area contributed by atoms with Gasteiger partial charge in [0.2, 0.25) is 0 Å². The average molecular weight is 435 g/mol. The van der Waals surface area contributed by atoms with Crippen molar-refractivity contribution in [3.63, 3.8) is 0 Å². The molecule has 2 fully saturated rings. The molecule has 0 aliphatic carbocycles. The Hall–Kier alpha value is -2.61. The SMILES string of the molecule is CN1CCN(c2ccc(-n3ccc4ccc(C=C5SC(=S)NC5=O)cc43)cc2)CC1. The molecule has 0 saturated carbocycles. The number of benzene rings is 2. The number of piperazine rings is 1. The van der Waals surface area contributed by atoms with Gasteiger partial charge in [-0.3, -0.25) is 4.79 Å². The van der Waals surface area contributed by atoms with Crippen molar-refractivity contribution in [2.45, 2.75) is 0 Å². The smallest absolute Gasteiger partial charge is 0.263 e. The van der Waals surface area contributed by atoms with E-state index >= 15 is 0 Å². The number of hydrogen-bond acceptors (Lipinski definition) is 5. The van der Waals surface area contributed by atoms with Gasteiger partial charge in [0, 0.05) is 43.8 Å². The third kappa shape index (κ3) is 3.76. The number of nitrogens with one attached hydrogen (secondary N) is 1. The Morgan fingerprint density at radius 2 is 1.73 bits per heavy atom. The van der Waals surface area contributed by atoms with Crippen molar-refractivity contribution in [1.29, 1.82) is 0 Å². The van der Waals surface area contributed by atoms with Gasteiger partial charge in [-0.1, -0.05) is 36.1 Å². The molecule has 5 nitrogen and oxygen atoms in total. The van der Waals surface area contributed by atoms with E-state index in [9.17, 15) is 4.79 Å². The first-order valence-corrected chi connectivity index (χ1v) is 11.2. The van der Waals surface area contributed by atoms with E-state index in [0.717, 1.165) is 42.9 Å². The molecule has 152 valence electrons. The van der Waals surface area contributed by atoms with Gasteiger partial charge in [-0.2, -0.15) is 0 Å². The predicted molar refractivity (Wildman–Crippen MR) is 129 cm³/mol. The van der Waals surface area contributed by atoms with E-state index < -0.39 is 0 Å². The largest absolute Gasteiger partial charge is 0.369 e. The Kier molecular flexibility index (Phi) is 5.10. The van der Waals surface area contributed by atoms with Gasteiger partial charge in [0.05, 0.1) is 10.4 Å². The van der Waals surface area contributed by atoms with Crippen LogP contribution in [0.25, 0.3) is 22.7 Å². The fourth-order valence-electron chi connectivity index (χ4n) is 3.92. The minimum absolute atomic E-state index is 0.125. The lowest BCUT2D eigenvalue weighted by atomic mass is 10.1. The lowest BCUT2D eigenvalue weighted by Crippen LogP contribution is -2.44. The van der Waals surface area contributed by atoms with E-state index in [4.69, 9.17) is 12.2 Å². The maximum Gasteiger partial charge on any atom is 0.263 e. The second-order valence-corrected chi connectivity index (χ2v) is 9.38. The highest BCUT2D eigenvalue weighted by molar-refractivity contribution is 8.26. The molecule has 3 heterocycles. The molecule has 0 spiro atoms. The van der Waals surface area contributed by atoms with Gasteiger partial charge in [0.25, 0.3) is 5.91 Å². The first kappa shape index (κ1) is 19.4. The van der Waals surface area contributed by atoms with Crippen LogP contribution in [0.5, 0.6) is 0 Å². The Morgan fingerprint density at radius 3 is 2.43 bits per heavy atom. The summed E-state index contributed by atoms with van der Waals surface area (Å²) in [6.07, 6.45) is 3.99. The molecule has 0 unspecified atom stereocenters. The number of aromatic nitrogens is 1. The molecule has 0 atom stereocenters. The van der Waals surface area contributed by atoms with Crippen LogP contribution < -0.4 is 10.2 Å². The Morgan fingerprint density at radius 1 is 1.00 bits per heavy atom. The lowest BCUT2D eigenvalue weighted by molar-refractivity contribution is -0.115. The van der Waals surface area contributed by atoms with Crippen LogP contribution >= 0.6 is 24.0 Å². The second-order valence-electron chi connectivity index (χ2n) is 7.66. The maximum absolute atomic E-state index is 12.0. The van der Waals surface area contributed by atoms with Crippen molar-refractivity contribution in [2.24, 2.45) is 0 Å². The number of carbonyl (C=O) groups is 1. The van der Waals surface area contributed by atoms with Crippen molar-refractivity contribution < 1.29 is 4.79 Å². The zero-order chi connectivity index (χ0) is 20.7. The summed E-state index contributed by atoms with van der Waals surface area (Å²) >= 11 is 6.39. The van der Waals surface area contributed by atoms with Crippen LogP contribution in [-0.4, -0.2) is 52.9 Å². The van der Waals surface area contributed by atoms with Crippen LogP contribution in [0, 0.1) is 0 Å². The fourth-order valence-corrected chi connectivity index (χ4v) is 4.97. The standard InChI is InChI=1S/C23H22N4OS2/c1-25-10-12-26(13-11-25)18-4-6-19(7-5-18)27-9-8-17-3-2-16(14-20(17)27)15-21-22(28)24-23(29)30-21/h2-9,14-15H,10-13H2,1H3,(H,24,28,29). The van der Waals surface area contributed by atoms with E-state index in [1.54, 1.807) is 0 Å². The molecule has 2 saturated heterocycles. The van der Waals surface area contributed by atoms with Crippen molar-refractivity contribution in [3.05, 3.63) is 65.2 Å². The summed E-state index contributed by atoms with van der Waals surface area (Å²) in [5.74, 6) is -0.125. The fraction of sp³-hybridized carbons (Fsp3) is 0.217. The molecular weight excluding hydrogens is 412 g/mol. The average Bonchev–Trinajstić information content (AvgIpc) is 3.31. The summed E-state index contributed by atoms with van der Waals surface area (Å²) in [6.45, 7) is 4.33. The third-order valence-corrected chi connectivity index (χ3v) is 6.82. The van der Waals surface area contributed by atoms with Crippen molar-refractivity contribution in [3.8, 4) is 5.69 Å². The van der Waals surface area contributed by atoms with Crippen LogP contribution in [0.1, 0.15) is 5.56 Å². The number of anilines is 1. The highest BCUT2D eigenvalue weighted by Gasteiger charge is 2.22. The molecular formula is C23H22N4OS2. The van der Waals surface area contributed by atoms with E-state index in [0.29, 0.717) is 9.23 Å². The van der Waals surface area contributed by atoms with E-state index in [1.807, 2.05) is 12.1 Å². The van der Waals surface area contributed by atoms with Gasteiger partial charge in [0.1, 0.15) is 4.32 Å².